The third-order valence-electron chi connectivity index (χ3n) is 8.13. The molecule has 0 amide bonds. The van der Waals surface area contributed by atoms with E-state index in [0.29, 0.717) is 51.4 Å². The summed E-state index contributed by atoms with van der Waals surface area (Å²) < 4.78 is 0. The summed E-state index contributed by atoms with van der Waals surface area (Å²) in [6.07, 6.45) is 4.37. The lowest BCUT2D eigenvalue weighted by Gasteiger charge is -2.51. The van der Waals surface area contributed by atoms with Crippen molar-refractivity contribution in [3.8, 4) is 0 Å². The number of ketones is 2. The van der Waals surface area contributed by atoms with Crippen LogP contribution in [-0.4, -0.2) is 59.0 Å². The van der Waals surface area contributed by atoms with Gasteiger partial charge in [0, 0.05) is 16.9 Å². The second kappa shape index (κ2) is 12.5. The van der Waals surface area contributed by atoms with Crippen LogP contribution >= 0.6 is 0 Å². The molecule has 0 spiro atoms. The van der Waals surface area contributed by atoms with E-state index in [4.69, 9.17) is 0 Å². The van der Waals surface area contributed by atoms with Gasteiger partial charge in [0.25, 0.3) is 0 Å². The lowest BCUT2D eigenvalue weighted by Crippen LogP contribution is -2.67. The summed E-state index contributed by atoms with van der Waals surface area (Å²) in [4.78, 5) is 26.8. The number of carbonyl (C=O) groups is 2. The molecule has 0 radical (unpaired) electrons. The van der Waals surface area contributed by atoms with E-state index in [0.717, 1.165) is 0 Å². The predicted octanol–water partition coefficient (Wildman–Crippen LogP) is 2.69. The minimum Gasteiger partial charge on any atom is -0.382 e. The molecule has 0 aliphatic heterocycles. The highest BCUT2D eigenvalue weighted by Crippen LogP contribution is 2.44. The highest BCUT2D eigenvalue weighted by atomic mass is 16.3. The quantitative estimate of drug-likeness (QED) is 0.205. The normalized spacial score (nSPS) is 14.5. The van der Waals surface area contributed by atoms with E-state index in [-0.39, 0.29) is 18.1 Å². The first-order chi connectivity index (χ1) is 14.4. The third-order valence-corrected chi connectivity index (χ3v) is 8.13. The molecule has 0 aromatic heterocycles. The number of aliphatic hydroxyl groups is 2. The average molecular weight is 440 g/mol. The van der Waals surface area contributed by atoms with E-state index < -0.39 is 28.2 Å². The SMILES string of the molecule is BC(NC(CC)(CC)C(CC)(CC)C(=O)CNC(O)(CC)CC)C(=O)C(O)(CC)CC. The molecule has 0 fully saturated rings. The summed E-state index contributed by atoms with van der Waals surface area (Å²) >= 11 is 0. The second-order valence-corrected chi connectivity index (χ2v) is 9.06. The Morgan fingerprint density at radius 3 is 1.55 bits per heavy atom. The standard InChI is InChI=1S/C24H49BN2O4/c1-9-21(10-2,18(28)17-26-24(31,15-7)16-8)23(13-5,14-6)27-20(25)19(29)22(30,11-3)12-4/h20,26-27,30-31H,9-17,25H2,1-8H3. The van der Waals surface area contributed by atoms with Gasteiger partial charge in [-0.05, 0) is 51.4 Å². The van der Waals surface area contributed by atoms with Crippen molar-refractivity contribution in [1.82, 2.24) is 10.6 Å². The van der Waals surface area contributed by atoms with Crippen molar-refractivity contribution < 1.29 is 19.8 Å². The molecule has 0 rings (SSSR count). The Morgan fingerprint density at radius 1 is 0.774 bits per heavy atom. The lowest BCUT2D eigenvalue weighted by molar-refractivity contribution is -0.142. The van der Waals surface area contributed by atoms with Crippen LogP contribution in [0.25, 0.3) is 0 Å². The van der Waals surface area contributed by atoms with Gasteiger partial charge in [-0.15, -0.1) is 0 Å². The molecule has 4 N–H and O–H groups in total. The van der Waals surface area contributed by atoms with Crippen LogP contribution in [0, 0.1) is 5.41 Å². The number of carbonyl (C=O) groups excluding carboxylic acids is 2. The van der Waals surface area contributed by atoms with E-state index in [1.54, 1.807) is 7.85 Å². The molecule has 0 aromatic rings. The molecule has 1 unspecified atom stereocenters. The van der Waals surface area contributed by atoms with Crippen molar-refractivity contribution in [2.24, 2.45) is 5.41 Å². The van der Waals surface area contributed by atoms with Gasteiger partial charge in [0.1, 0.15) is 19.2 Å². The summed E-state index contributed by atoms with van der Waals surface area (Å²) in [5.74, 6) is -0.747. The van der Waals surface area contributed by atoms with Crippen molar-refractivity contribution >= 4 is 19.4 Å². The minimum absolute atomic E-state index is 0.0509. The van der Waals surface area contributed by atoms with Crippen molar-refractivity contribution in [3.63, 3.8) is 0 Å². The molecule has 182 valence electrons. The van der Waals surface area contributed by atoms with Gasteiger partial charge in [0.15, 0.2) is 11.6 Å². The molecule has 0 aliphatic carbocycles. The van der Waals surface area contributed by atoms with Crippen molar-refractivity contribution in [2.75, 3.05) is 6.54 Å². The van der Waals surface area contributed by atoms with Crippen LogP contribution in [0.2, 0.25) is 0 Å². The van der Waals surface area contributed by atoms with Crippen LogP contribution in [0.3, 0.4) is 0 Å². The maximum Gasteiger partial charge on any atom is 0.172 e. The molecule has 0 aromatic carbocycles. The Kier molecular flexibility index (Phi) is 12.2. The van der Waals surface area contributed by atoms with Gasteiger partial charge < -0.3 is 15.5 Å². The van der Waals surface area contributed by atoms with E-state index in [2.05, 4.69) is 24.5 Å². The number of hydrogen-bond donors (Lipinski definition) is 4. The summed E-state index contributed by atoms with van der Waals surface area (Å²) in [6, 6.07) is 0. The predicted molar refractivity (Wildman–Crippen MR) is 131 cm³/mol. The summed E-state index contributed by atoms with van der Waals surface area (Å²) in [7, 11) is 1.80. The van der Waals surface area contributed by atoms with Gasteiger partial charge in [-0.3, -0.25) is 14.9 Å². The Hall–Kier alpha value is -0.755. The molecule has 6 nitrogen and oxygen atoms in total. The fourth-order valence-corrected chi connectivity index (χ4v) is 5.25. The van der Waals surface area contributed by atoms with Crippen molar-refractivity contribution in [2.45, 2.75) is 130 Å². The highest BCUT2D eigenvalue weighted by Gasteiger charge is 2.53. The van der Waals surface area contributed by atoms with Crippen LogP contribution in [0.5, 0.6) is 0 Å². The molecule has 0 bridgehead atoms. The van der Waals surface area contributed by atoms with Gasteiger partial charge in [0.2, 0.25) is 0 Å². The number of Topliss-reactive ketones (excluding diaryl/α,β-unsaturated/α-hetero) is 2. The van der Waals surface area contributed by atoms with Crippen LogP contribution in [-0.2, 0) is 9.59 Å². The molecule has 0 aliphatic rings. The molecule has 31 heavy (non-hydrogen) atoms. The summed E-state index contributed by atoms with van der Waals surface area (Å²) in [6.45, 7) is 15.7. The van der Waals surface area contributed by atoms with E-state index in [1.807, 2.05) is 41.5 Å². The fraction of sp³-hybridized carbons (Fsp3) is 0.917. The zero-order valence-electron chi connectivity index (χ0n) is 21.7. The Balaban J connectivity index is 6.08. The van der Waals surface area contributed by atoms with Crippen LogP contribution in [0.1, 0.15) is 107 Å². The molecule has 0 heterocycles. The zero-order chi connectivity index (χ0) is 24.5. The molecule has 0 saturated carbocycles. The van der Waals surface area contributed by atoms with Gasteiger partial charge >= 0.3 is 0 Å². The molecular formula is C24H49BN2O4. The smallest absolute Gasteiger partial charge is 0.172 e. The zero-order valence-corrected chi connectivity index (χ0v) is 21.7. The van der Waals surface area contributed by atoms with Crippen molar-refractivity contribution in [1.29, 1.82) is 0 Å². The van der Waals surface area contributed by atoms with E-state index in [9.17, 15) is 19.8 Å². The Labute approximate surface area is 191 Å². The first-order valence-electron chi connectivity index (χ1n) is 12.5. The summed E-state index contributed by atoms with van der Waals surface area (Å²) in [5, 5.41) is 28.0. The first kappa shape index (κ1) is 30.2. The monoisotopic (exact) mass is 440 g/mol. The second-order valence-electron chi connectivity index (χ2n) is 9.06. The van der Waals surface area contributed by atoms with Crippen LogP contribution in [0.4, 0.5) is 0 Å². The molecular weight excluding hydrogens is 391 g/mol. The number of rotatable bonds is 17. The van der Waals surface area contributed by atoms with Gasteiger partial charge in [-0.25, -0.2) is 0 Å². The highest BCUT2D eigenvalue weighted by molar-refractivity contribution is 6.26. The molecule has 1 atom stereocenters. The topological polar surface area (TPSA) is 98.7 Å². The third kappa shape index (κ3) is 6.18. The maximum absolute atomic E-state index is 13.7. The van der Waals surface area contributed by atoms with Gasteiger partial charge in [-0.1, -0.05) is 55.4 Å². The summed E-state index contributed by atoms with van der Waals surface area (Å²) in [5.41, 5.74) is -3.70. The van der Waals surface area contributed by atoms with Crippen LogP contribution < -0.4 is 10.6 Å². The Morgan fingerprint density at radius 2 is 1.23 bits per heavy atom. The minimum atomic E-state index is -1.36. The van der Waals surface area contributed by atoms with Crippen molar-refractivity contribution in [3.05, 3.63) is 0 Å². The average Bonchev–Trinajstić information content (AvgIpc) is 2.81. The van der Waals surface area contributed by atoms with E-state index >= 15 is 0 Å². The largest absolute Gasteiger partial charge is 0.382 e. The number of hydrogen-bond acceptors (Lipinski definition) is 6. The first-order valence-corrected chi connectivity index (χ1v) is 12.5. The fourth-order valence-electron chi connectivity index (χ4n) is 5.25. The van der Waals surface area contributed by atoms with E-state index in [1.165, 1.54) is 0 Å². The number of nitrogens with one attached hydrogen (secondary N) is 2. The van der Waals surface area contributed by atoms with Gasteiger partial charge in [0.05, 0.1) is 6.54 Å². The maximum atomic E-state index is 13.7. The van der Waals surface area contributed by atoms with Gasteiger partial charge in [-0.2, -0.15) is 0 Å². The molecule has 7 heteroatoms. The molecule has 0 saturated heterocycles. The van der Waals surface area contributed by atoms with Crippen LogP contribution in [0.15, 0.2) is 0 Å². The Bertz CT molecular complexity index is 566. The lowest BCUT2D eigenvalue weighted by atomic mass is 9.59.